The Hall–Kier alpha value is -2.45. The van der Waals surface area contributed by atoms with Crippen molar-refractivity contribution in [2.24, 2.45) is 0 Å². The Morgan fingerprint density at radius 3 is 2.44 bits per heavy atom. The second-order valence-corrected chi connectivity index (χ2v) is 6.92. The third-order valence-electron chi connectivity index (χ3n) is 3.67. The number of hydrogen-bond donors (Lipinski definition) is 0. The fourth-order valence-electron chi connectivity index (χ4n) is 2.54. The molecule has 2 aromatic rings. The second-order valence-electron chi connectivity index (χ2n) is 5.43. The first-order valence-corrected chi connectivity index (χ1v) is 8.18. The Bertz CT molecular complexity index is 955. The molecule has 0 fully saturated rings. The van der Waals surface area contributed by atoms with Crippen LogP contribution in [0.1, 0.15) is 22.9 Å². The molecule has 0 spiro atoms. The zero-order valence-electron chi connectivity index (χ0n) is 12.8. The molecule has 27 heavy (non-hydrogen) atoms. The zero-order valence-corrected chi connectivity index (χ0v) is 13.6. The minimum Gasteiger partial charge on any atom is -0.607 e. The molecule has 2 aromatic carbocycles. The van der Waals surface area contributed by atoms with Crippen LogP contribution in [-0.4, -0.2) is 9.81 Å². The molecule has 0 N–H and O–H groups in total. The number of nitriles is 1. The van der Waals surface area contributed by atoms with Gasteiger partial charge in [0.05, 0.1) is 28.4 Å². The highest BCUT2D eigenvalue weighted by Gasteiger charge is 2.65. The van der Waals surface area contributed by atoms with Crippen molar-refractivity contribution in [1.29, 1.82) is 5.26 Å². The maximum Gasteiger partial charge on any atom is 0.447 e. The number of benzene rings is 2. The predicted octanol–water partition coefficient (Wildman–Crippen LogP) is 5.23. The van der Waals surface area contributed by atoms with Crippen LogP contribution in [0.15, 0.2) is 35.2 Å². The molecule has 11 heteroatoms. The molecule has 0 bridgehead atoms. The van der Waals surface area contributed by atoms with E-state index < -0.39 is 62.1 Å². The summed E-state index contributed by atoms with van der Waals surface area (Å²) in [6.45, 7) is 0. The van der Waals surface area contributed by atoms with E-state index in [0.717, 1.165) is 18.2 Å². The summed E-state index contributed by atoms with van der Waals surface area (Å²) in [5.74, 6) is -2.16. The molecule has 0 aliphatic carbocycles. The molecule has 142 valence electrons. The molecule has 0 amide bonds. The third kappa shape index (κ3) is 3.19. The Morgan fingerprint density at radius 2 is 1.85 bits per heavy atom. The van der Waals surface area contributed by atoms with Crippen molar-refractivity contribution in [2.75, 3.05) is 0 Å². The van der Waals surface area contributed by atoms with Crippen LogP contribution in [0.3, 0.4) is 0 Å². The molecule has 3 rings (SSSR count). The highest BCUT2D eigenvalue weighted by molar-refractivity contribution is 7.93. The van der Waals surface area contributed by atoms with Gasteiger partial charge in [-0.15, -0.1) is 0 Å². The van der Waals surface area contributed by atoms with E-state index in [1.807, 2.05) is 0 Å². The van der Waals surface area contributed by atoms with Crippen molar-refractivity contribution in [3.8, 4) is 17.6 Å². The predicted molar refractivity (Wildman–Crippen MR) is 77.8 cm³/mol. The fourth-order valence-corrected chi connectivity index (χ4v) is 3.91. The van der Waals surface area contributed by atoms with Crippen LogP contribution in [0.25, 0.3) is 0 Å². The van der Waals surface area contributed by atoms with Crippen molar-refractivity contribution in [1.82, 2.24) is 0 Å². The normalized spacial score (nSPS) is 20.9. The van der Waals surface area contributed by atoms with Crippen LogP contribution in [0.4, 0.5) is 30.7 Å². The molecule has 3 nitrogen and oxygen atoms in total. The topological polar surface area (TPSA) is 56.1 Å². The lowest BCUT2D eigenvalue weighted by molar-refractivity contribution is -0.139. The van der Waals surface area contributed by atoms with Gasteiger partial charge in [0.15, 0.2) is 4.90 Å². The molecule has 0 aromatic heterocycles. The van der Waals surface area contributed by atoms with Crippen LogP contribution in [0.5, 0.6) is 11.5 Å². The summed E-state index contributed by atoms with van der Waals surface area (Å²) in [5.41, 5.74) is -3.13. The molecule has 1 heterocycles. The number of hydrogen-bond acceptors (Lipinski definition) is 3. The van der Waals surface area contributed by atoms with Gasteiger partial charge in [0, 0.05) is 6.07 Å². The van der Waals surface area contributed by atoms with E-state index in [1.54, 1.807) is 6.07 Å². The van der Waals surface area contributed by atoms with Crippen molar-refractivity contribution >= 4 is 11.2 Å². The van der Waals surface area contributed by atoms with E-state index in [0.29, 0.717) is 12.1 Å². The Morgan fingerprint density at radius 1 is 1.19 bits per heavy atom. The molecule has 1 aliphatic rings. The lowest BCUT2D eigenvalue weighted by Crippen LogP contribution is -2.27. The standard InChI is InChI=1S/C16H6F7NO2S/c17-8-3-7(6-24)4-9(5-8)26-11-2-1-10(15(19,20)21)13-12(11)14(18)16(22,23)27(13)25/h1-5,14H/t14-,27?/m0/s1. The number of rotatable bonds is 2. The Labute approximate surface area is 150 Å². The highest BCUT2D eigenvalue weighted by Crippen LogP contribution is 2.57. The number of nitrogens with zero attached hydrogens (tertiary/aromatic N) is 1. The van der Waals surface area contributed by atoms with E-state index in [4.69, 9.17) is 10.00 Å². The van der Waals surface area contributed by atoms with Gasteiger partial charge in [-0.2, -0.15) is 27.2 Å². The minimum absolute atomic E-state index is 0.223. The number of halogens is 7. The minimum atomic E-state index is -5.16. The van der Waals surface area contributed by atoms with Gasteiger partial charge in [0.1, 0.15) is 22.9 Å². The lowest BCUT2D eigenvalue weighted by Gasteiger charge is -2.15. The first kappa shape index (κ1) is 19.3. The van der Waals surface area contributed by atoms with Gasteiger partial charge in [-0.05, 0) is 24.3 Å². The first-order chi connectivity index (χ1) is 12.5. The summed E-state index contributed by atoms with van der Waals surface area (Å²) in [5, 5.41) is 4.19. The lowest BCUT2D eigenvalue weighted by atomic mass is 10.0. The van der Waals surface area contributed by atoms with Crippen molar-refractivity contribution < 1.29 is 40.0 Å². The fraction of sp³-hybridized carbons (Fsp3) is 0.188. The number of ether oxygens (including phenoxy) is 1. The molecule has 1 unspecified atom stereocenters. The maximum absolute atomic E-state index is 14.2. The van der Waals surface area contributed by atoms with Crippen LogP contribution in [0.2, 0.25) is 0 Å². The number of alkyl halides is 6. The maximum atomic E-state index is 14.2. The van der Waals surface area contributed by atoms with Crippen molar-refractivity contribution in [2.45, 2.75) is 22.5 Å². The van der Waals surface area contributed by atoms with E-state index in [-0.39, 0.29) is 5.56 Å². The highest BCUT2D eigenvalue weighted by atomic mass is 32.2. The summed E-state index contributed by atoms with van der Waals surface area (Å²) in [6.07, 6.45) is -8.49. The second kappa shape index (κ2) is 6.31. The van der Waals surface area contributed by atoms with Gasteiger partial charge in [-0.25, -0.2) is 8.78 Å². The largest absolute Gasteiger partial charge is 0.607 e. The molecule has 0 radical (unpaired) electrons. The van der Waals surface area contributed by atoms with Crippen LogP contribution in [-0.2, 0) is 17.4 Å². The van der Waals surface area contributed by atoms with Gasteiger partial charge in [-0.1, -0.05) is 0 Å². The summed E-state index contributed by atoms with van der Waals surface area (Å²) in [6, 6.07) is 5.02. The van der Waals surface area contributed by atoms with Gasteiger partial charge < -0.3 is 9.29 Å². The molecule has 0 saturated carbocycles. The molecule has 1 aliphatic heterocycles. The summed E-state index contributed by atoms with van der Waals surface area (Å²) in [7, 11) is 0. The van der Waals surface area contributed by atoms with Gasteiger partial charge in [0.2, 0.25) is 6.17 Å². The summed E-state index contributed by atoms with van der Waals surface area (Å²) < 4.78 is 111. The van der Waals surface area contributed by atoms with E-state index >= 15 is 0 Å². The average Bonchev–Trinajstić information content (AvgIpc) is 2.75. The Kier molecular flexibility index (Phi) is 4.52. The monoisotopic (exact) mass is 409 g/mol. The summed E-state index contributed by atoms with van der Waals surface area (Å²) >= 11 is -3.61. The molecular weight excluding hydrogens is 403 g/mol. The third-order valence-corrected chi connectivity index (χ3v) is 5.18. The Balaban J connectivity index is 2.18. The van der Waals surface area contributed by atoms with Crippen LogP contribution < -0.4 is 4.74 Å². The SMILES string of the molecule is N#Cc1cc(F)cc(Oc2ccc(C(F)(F)F)c3c2[C@H](F)C(F)(F)[S+]3[O-])c1. The van der Waals surface area contributed by atoms with Gasteiger partial charge in [-0.3, -0.25) is 0 Å². The molecule has 2 atom stereocenters. The number of fused-ring (bicyclic) bond motifs is 1. The van der Waals surface area contributed by atoms with Crippen molar-refractivity contribution in [3.05, 3.63) is 52.8 Å². The van der Waals surface area contributed by atoms with E-state index in [9.17, 15) is 35.3 Å². The van der Waals surface area contributed by atoms with Gasteiger partial charge in [0.25, 0.3) is 0 Å². The van der Waals surface area contributed by atoms with Crippen LogP contribution in [0, 0.1) is 17.1 Å². The van der Waals surface area contributed by atoms with E-state index in [1.165, 1.54) is 0 Å². The zero-order chi connectivity index (χ0) is 20.1. The van der Waals surface area contributed by atoms with E-state index in [2.05, 4.69) is 0 Å². The van der Waals surface area contributed by atoms with Crippen molar-refractivity contribution in [3.63, 3.8) is 0 Å². The van der Waals surface area contributed by atoms with Crippen LogP contribution >= 0.6 is 0 Å². The average molecular weight is 409 g/mol. The summed E-state index contributed by atoms with van der Waals surface area (Å²) in [4.78, 5) is -1.42. The van der Waals surface area contributed by atoms with Gasteiger partial charge >= 0.3 is 11.4 Å². The molecule has 0 saturated heterocycles. The molecular formula is C16H6F7NO2S. The first-order valence-electron chi connectivity index (χ1n) is 7.03. The quantitative estimate of drug-likeness (QED) is 0.504. The smallest absolute Gasteiger partial charge is 0.447 e.